The molecular weight excluding hydrogens is 380 g/mol. The number of benzene rings is 1. The average molecular weight is 405 g/mol. The van der Waals surface area contributed by atoms with Crippen molar-refractivity contribution in [2.45, 2.75) is 32.4 Å². The Hall–Kier alpha value is -2.54. The number of methoxy groups -OCH3 is 1. The maximum absolute atomic E-state index is 12.8. The van der Waals surface area contributed by atoms with Crippen LogP contribution in [0.3, 0.4) is 0 Å². The number of likely N-dealkylation sites (tertiary alicyclic amines) is 1. The van der Waals surface area contributed by atoms with Gasteiger partial charge in [-0.1, -0.05) is 11.6 Å². The van der Waals surface area contributed by atoms with E-state index in [1.165, 1.54) is 7.11 Å². The van der Waals surface area contributed by atoms with Crippen molar-refractivity contribution >= 4 is 23.4 Å². The maximum atomic E-state index is 12.8. The Labute approximate surface area is 169 Å². The van der Waals surface area contributed by atoms with Crippen LogP contribution < -0.4 is 10.1 Å². The van der Waals surface area contributed by atoms with Crippen molar-refractivity contribution in [3.63, 3.8) is 0 Å². The first-order valence-electron chi connectivity index (χ1n) is 9.37. The van der Waals surface area contributed by atoms with Gasteiger partial charge in [-0.05, 0) is 38.0 Å². The zero-order valence-corrected chi connectivity index (χ0v) is 16.9. The van der Waals surface area contributed by atoms with Gasteiger partial charge in [-0.25, -0.2) is 4.98 Å². The fraction of sp³-hybridized carbons (Fsp3) is 0.450. The third-order valence-electron chi connectivity index (χ3n) is 4.98. The molecule has 1 aromatic heterocycles. The van der Waals surface area contributed by atoms with Crippen molar-refractivity contribution in [2.75, 3.05) is 20.2 Å². The quantitative estimate of drug-likeness (QED) is 0.802. The van der Waals surface area contributed by atoms with Crippen molar-refractivity contribution < 1.29 is 14.3 Å². The summed E-state index contributed by atoms with van der Waals surface area (Å²) < 4.78 is 7.22. The van der Waals surface area contributed by atoms with E-state index in [1.807, 2.05) is 17.7 Å². The van der Waals surface area contributed by atoms with Crippen LogP contribution in [-0.2, 0) is 11.3 Å². The molecular formula is C20H25ClN4O3. The van der Waals surface area contributed by atoms with E-state index < -0.39 is 0 Å². The summed E-state index contributed by atoms with van der Waals surface area (Å²) >= 11 is 6.04. The van der Waals surface area contributed by atoms with Gasteiger partial charge in [0.2, 0.25) is 5.91 Å². The van der Waals surface area contributed by atoms with E-state index >= 15 is 0 Å². The van der Waals surface area contributed by atoms with Crippen LogP contribution in [-0.4, -0.2) is 52.5 Å². The molecule has 0 aliphatic carbocycles. The molecule has 3 rings (SSSR count). The molecule has 1 aliphatic rings. The molecule has 2 amide bonds. The number of nitrogens with zero attached hydrogens (tertiary/aromatic N) is 3. The van der Waals surface area contributed by atoms with E-state index in [0.717, 1.165) is 0 Å². The smallest absolute Gasteiger partial charge is 0.257 e. The van der Waals surface area contributed by atoms with E-state index in [2.05, 4.69) is 10.3 Å². The van der Waals surface area contributed by atoms with Crippen molar-refractivity contribution in [1.82, 2.24) is 19.8 Å². The first kappa shape index (κ1) is 20.2. The minimum absolute atomic E-state index is 0.0112. The van der Waals surface area contributed by atoms with Crippen molar-refractivity contribution in [3.8, 4) is 5.75 Å². The highest BCUT2D eigenvalue weighted by atomic mass is 35.5. The molecule has 0 bridgehead atoms. The van der Waals surface area contributed by atoms with Crippen LogP contribution in [0.4, 0.5) is 0 Å². The molecule has 1 aromatic carbocycles. The van der Waals surface area contributed by atoms with E-state index in [1.54, 1.807) is 35.6 Å². The van der Waals surface area contributed by atoms with Crippen LogP contribution in [0.15, 0.2) is 36.9 Å². The van der Waals surface area contributed by atoms with Crippen molar-refractivity contribution in [1.29, 1.82) is 0 Å². The third kappa shape index (κ3) is 4.84. The number of halogens is 1. The van der Waals surface area contributed by atoms with Gasteiger partial charge in [-0.3, -0.25) is 9.59 Å². The molecule has 28 heavy (non-hydrogen) atoms. The fourth-order valence-electron chi connectivity index (χ4n) is 3.48. The molecule has 0 saturated carbocycles. The standard InChI is InChI=1S/C20H25ClN4O3/c1-14(12-24-10-7-22-13-24)23-19(26)15-5-8-25(9-6-15)20(27)17-11-16(21)3-4-18(17)28-2/h3-4,7,10-11,13-15H,5-6,8-9,12H2,1-2H3,(H,23,26). The average Bonchev–Trinajstić information content (AvgIpc) is 3.20. The van der Waals surface area contributed by atoms with Crippen LogP contribution in [0.25, 0.3) is 0 Å². The lowest BCUT2D eigenvalue weighted by molar-refractivity contribution is -0.127. The SMILES string of the molecule is COc1ccc(Cl)cc1C(=O)N1CCC(C(=O)NC(C)Cn2ccnc2)CC1. The van der Waals surface area contributed by atoms with E-state index in [9.17, 15) is 9.59 Å². The molecule has 1 saturated heterocycles. The summed E-state index contributed by atoms with van der Waals surface area (Å²) in [5.74, 6) is 0.338. The van der Waals surface area contributed by atoms with Gasteiger partial charge in [0.15, 0.2) is 0 Å². The van der Waals surface area contributed by atoms with Crippen LogP contribution in [0.2, 0.25) is 5.02 Å². The first-order valence-corrected chi connectivity index (χ1v) is 9.74. The Kier molecular flexibility index (Phi) is 6.57. The van der Waals surface area contributed by atoms with Gasteiger partial charge in [0.05, 0.1) is 19.0 Å². The largest absolute Gasteiger partial charge is 0.496 e. The highest BCUT2D eigenvalue weighted by molar-refractivity contribution is 6.31. The van der Waals surface area contributed by atoms with Gasteiger partial charge in [-0.15, -0.1) is 0 Å². The Morgan fingerprint density at radius 2 is 2.11 bits per heavy atom. The highest BCUT2D eigenvalue weighted by Crippen LogP contribution is 2.26. The molecule has 1 fully saturated rings. The number of nitrogens with one attached hydrogen (secondary N) is 1. The molecule has 0 spiro atoms. The number of imidazole rings is 1. The van der Waals surface area contributed by atoms with Crippen LogP contribution >= 0.6 is 11.6 Å². The molecule has 150 valence electrons. The van der Waals surface area contributed by atoms with Gasteiger partial charge < -0.3 is 19.5 Å². The number of carbonyl (C=O) groups is 2. The summed E-state index contributed by atoms with van der Waals surface area (Å²) in [7, 11) is 1.53. The fourth-order valence-corrected chi connectivity index (χ4v) is 3.65. The molecule has 1 atom stereocenters. The number of carbonyl (C=O) groups excluding carboxylic acids is 2. The second kappa shape index (κ2) is 9.10. The summed E-state index contributed by atoms with van der Waals surface area (Å²) in [6.07, 6.45) is 6.60. The molecule has 7 nitrogen and oxygen atoms in total. The van der Waals surface area contributed by atoms with Gasteiger partial charge in [0.25, 0.3) is 5.91 Å². The van der Waals surface area contributed by atoms with Gasteiger partial charge in [0.1, 0.15) is 5.75 Å². The monoisotopic (exact) mass is 404 g/mol. The lowest BCUT2D eigenvalue weighted by Gasteiger charge is -2.32. The number of hydrogen-bond donors (Lipinski definition) is 1. The second-order valence-electron chi connectivity index (χ2n) is 7.08. The summed E-state index contributed by atoms with van der Waals surface area (Å²) in [6.45, 7) is 3.71. The van der Waals surface area contributed by atoms with Crippen molar-refractivity contribution in [2.24, 2.45) is 5.92 Å². The summed E-state index contributed by atoms with van der Waals surface area (Å²) in [5.41, 5.74) is 0.451. The predicted octanol–water partition coefficient (Wildman–Crippen LogP) is 2.60. The molecule has 1 unspecified atom stereocenters. The minimum Gasteiger partial charge on any atom is -0.496 e. The zero-order valence-electron chi connectivity index (χ0n) is 16.1. The molecule has 2 heterocycles. The Morgan fingerprint density at radius 3 is 2.75 bits per heavy atom. The maximum Gasteiger partial charge on any atom is 0.257 e. The minimum atomic E-state index is -0.119. The van der Waals surface area contributed by atoms with Crippen LogP contribution in [0.1, 0.15) is 30.1 Å². The topological polar surface area (TPSA) is 76.5 Å². The Balaban J connectivity index is 1.53. The number of ether oxygens (including phenoxy) is 1. The van der Waals surface area contributed by atoms with Crippen LogP contribution in [0.5, 0.6) is 5.75 Å². The number of amides is 2. The van der Waals surface area contributed by atoms with E-state index in [0.29, 0.717) is 48.8 Å². The second-order valence-corrected chi connectivity index (χ2v) is 7.52. The predicted molar refractivity (Wildman–Crippen MR) is 106 cm³/mol. The van der Waals surface area contributed by atoms with E-state index in [4.69, 9.17) is 16.3 Å². The summed E-state index contributed by atoms with van der Waals surface area (Å²) in [6, 6.07) is 5.02. The van der Waals surface area contributed by atoms with Crippen LogP contribution in [0, 0.1) is 5.92 Å². The Morgan fingerprint density at radius 1 is 1.36 bits per heavy atom. The molecule has 1 aliphatic heterocycles. The Bertz CT molecular complexity index is 817. The summed E-state index contributed by atoms with van der Waals surface area (Å²) in [4.78, 5) is 31.2. The molecule has 1 N–H and O–H groups in total. The number of aromatic nitrogens is 2. The number of rotatable bonds is 6. The highest BCUT2D eigenvalue weighted by Gasteiger charge is 2.29. The summed E-state index contributed by atoms with van der Waals surface area (Å²) in [5, 5.41) is 3.55. The van der Waals surface area contributed by atoms with E-state index in [-0.39, 0.29) is 23.8 Å². The van der Waals surface area contributed by atoms with Gasteiger partial charge >= 0.3 is 0 Å². The normalized spacial score (nSPS) is 15.9. The zero-order chi connectivity index (χ0) is 20.1. The molecule has 2 aromatic rings. The van der Waals surface area contributed by atoms with Gasteiger partial charge in [0, 0.05) is 49.0 Å². The van der Waals surface area contributed by atoms with Crippen molar-refractivity contribution in [3.05, 3.63) is 47.5 Å². The number of hydrogen-bond acceptors (Lipinski definition) is 4. The van der Waals surface area contributed by atoms with Gasteiger partial charge in [-0.2, -0.15) is 0 Å². The molecule has 8 heteroatoms. The third-order valence-corrected chi connectivity index (χ3v) is 5.21. The first-order chi connectivity index (χ1) is 13.5. The lowest BCUT2D eigenvalue weighted by Crippen LogP contribution is -2.45. The number of piperidine rings is 1. The molecule has 0 radical (unpaired) electrons. The lowest BCUT2D eigenvalue weighted by atomic mass is 9.95.